The van der Waals surface area contributed by atoms with Gasteiger partial charge in [-0.25, -0.2) is 0 Å². The molecule has 3 rings (SSSR count). The van der Waals surface area contributed by atoms with E-state index in [0.717, 1.165) is 5.56 Å². The molecule has 1 aliphatic rings. The lowest BCUT2D eigenvalue weighted by atomic mass is 10.1. The van der Waals surface area contributed by atoms with Gasteiger partial charge < -0.3 is 18.9 Å². The zero-order valence-corrected chi connectivity index (χ0v) is 16.8. The first-order chi connectivity index (χ1) is 13.4. The molecular formula is C20H21ClN2O5. The van der Waals surface area contributed by atoms with Crippen molar-refractivity contribution in [2.75, 3.05) is 20.8 Å². The second-order valence-electron chi connectivity index (χ2n) is 6.14. The van der Waals surface area contributed by atoms with Crippen molar-refractivity contribution in [3.05, 3.63) is 52.5 Å². The molecule has 0 fully saturated rings. The van der Waals surface area contributed by atoms with Crippen LogP contribution in [0.25, 0.3) is 0 Å². The summed E-state index contributed by atoms with van der Waals surface area (Å²) in [4.78, 5) is 12.0. The molecule has 0 bridgehead atoms. The Morgan fingerprint density at radius 2 is 1.86 bits per heavy atom. The summed E-state index contributed by atoms with van der Waals surface area (Å²) in [6.45, 7) is 3.40. The number of hydrazone groups is 1. The van der Waals surface area contributed by atoms with Gasteiger partial charge in [0, 0.05) is 17.5 Å². The van der Waals surface area contributed by atoms with E-state index >= 15 is 0 Å². The largest absolute Gasteiger partial charge is 0.493 e. The predicted octanol–water partition coefficient (Wildman–Crippen LogP) is 3.94. The van der Waals surface area contributed by atoms with E-state index in [4.69, 9.17) is 30.5 Å². The fourth-order valence-corrected chi connectivity index (χ4v) is 3.03. The Labute approximate surface area is 168 Å². The number of halogens is 1. The highest BCUT2D eigenvalue weighted by Gasteiger charge is 2.33. The molecule has 0 aliphatic carbocycles. The van der Waals surface area contributed by atoms with Crippen molar-refractivity contribution in [2.45, 2.75) is 20.1 Å². The second-order valence-corrected chi connectivity index (χ2v) is 6.58. The van der Waals surface area contributed by atoms with E-state index in [9.17, 15) is 4.79 Å². The standard InChI is InChI=1S/C20H21ClN2O5/c1-12-9-15(21)6-8-16(12)27-11-19-22-23(13(2)24)20(28-19)14-5-7-17(25-3)18(10-14)26-4/h5-10,20H,11H2,1-4H3/t20-/m0/s1. The molecule has 2 aromatic carbocycles. The highest BCUT2D eigenvalue weighted by atomic mass is 35.5. The summed E-state index contributed by atoms with van der Waals surface area (Å²) in [6, 6.07) is 10.6. The monoisotopic (exact) mass is 404 g/mol. The zero-order valence-electron chi connectivity index (χ0n) is 16.1. The molecule has 0 saturated heterocycles. The third-order valence-corrected chi connectivity index (χ3v) is 4.43. The van der Waals surface area contributed by atoms with Crippen molar-refractivity contribution in [2.24, 2.45) is 5.10 Å². The average Bonchev–Trinajstić information content (AvgIpc) is 3.11. The van der Waals surface area contributed by atoms with Gasteiger partial charge in [-0.2, -0.15) is 5.01 Å². The first kappa shape index (κ1) is 19.8. The molecule has 1 amide bonds. The van der Waals surface area contributed by atoms with Crippen LogP contribution < -0.4 is 14.2 Å². The fourth-order valence-electron chi connectivity index (χ4n) is 2.80. The number of hydrogen-bond acceptors (Lipinski definition) is 6. The molecule has 0 N–H and O–H groups in total. The van der Waals surface area contributed by atoms with E-state index in [1.54, 1.807) is 44.6 Å². The van der Waals surface area contributed by atoms with E-state index in [1.807, 2.05) is 13.0 Å². The molecule has 28 heavy (non-hydrogen) atoms. The number of benzene rings is 2. The van der Waals surface area contributed by atoms with Gasteiger partial charge in [-0.3, -0.25) is 4.79 Å². The number of aryl methyl sites for hydroxylation is 1. The minimum absolute atomic E-state index is 0.0794. The quantitative estimate of drug-likeness (QED) is 0.729. The molecule has 0 radical (unpaired) electrons. The molecule has 8 heteroatoms. The van der Waals surface area contributed by atoms with Gasteiger partial charge in [0.1, 0.15) is 5.75 Å². The third kappa shape index (κ3) is 4.14. The molecule has 1 atom stereocenters. The molecule has 0 aromatic heterocycles. The van der Waals surface area contributed by atoms with Gasteiger partial charge in [0.15, 0.2) is 18.1 Å². The summed E-state index contributed by atoms with van der Waals surface area (Å²) >= 11 is 5.96. The lowest BCUT2D eigenvalue weighted by Crippen LogP contribution is -2.25. The number of amides is 1. The van der Waals surface area contributed by atoms with Gasteiger partial charge in [-0.15, -0.1) is 5.10 Å². The summed E-state index contributed by atoms with van der Waals surface area (Å²) in [7, 11) is 3.10. The number of carbonyl (C=O) groups excluding carboxylic acids is 1. The van der Waals surface area contributed by atoms with Crippen LogP contribution in [-0.2, 0) is 9.53 Å². The van der Waals surface area contributed by atoms with E-state index in [2.05, 4.69) is 5.10 Å². The Hall–Kier alpha value is -2.93. The van der Waals surface area contributed by atoms with Crippen LogP contribution >= 0.6 is 11.6 Å². The Kier molecular flexibility index (Phi) is 5.94. The highest BCUT2D eigenvalue weighted by Crippen LogP contribution is 2.35. The maximum atomic E-state index is 12.0. The highest BCUT2D eigenvalue weighted by molar-refractivity contribution is 6.30. The summed E-state index contributed by atoms with van der Waals surface area (Å²) in [5.41, 5.74) is 1.60. The SMILES string of the molecule is COc1ccc([C@@H]2OC(COc3ccc(Cl)cc3C)=NN2C(C)=O)cc1OC. The van der Waals surface area contributed by atoms with Gasteiger partial charge in [-0.05, 0) is 48.9 Å². The molecule has 0 saturated carbocycles. The summed E-state index contributed by atoms with van der Waals surface area (Å²) < 4.78 is 22.2. The Morgan fingerprint density at radius 1 is 1.14 bits per heavy atom. The van der Waals surface area contributed by atoms with E-state index in [1.165, 1.54) is 11.9 Å². The van der Waals surface area contributed by atoms with Crippen LogP contribution in [0.5, 0.6) is 17.2 Å². The topological polar surface area (TPSA) is 69.6 Å². The van der Waals surface area contributed by atoms with Crippen LogP contribution in [0.15, 0.2) is 41.5 Å². The molecular weight excluding hydrogens is 384 g/mol. The van der Waals surface area contributed by atoms with Crippen LogP contribution in [0.2, 0.25) is 5.02 Å². The number of carbonyl (C=O) groups is 1. The number of nitrogens with zero attached hydrogens (tertiary/aromatic N) is 2. The Morgan fingerprint density at radius 3 is 2.50 bits per heavy atom. The van der Waals surface area contributed by atoms with Gasteiger partial charge in [0.2, 0.25) is 18.0 Å². The van der Waals surface area contributed by atoms with Crippen LogP contribution in [0.4, 0.5) is 0 Å². The van der Waals surface area contributed by atoms with Crippen molar-refractivity contribution < 1.29 is 23.7 Å². The molecule has 1 heterocycles. The summed E-state index contributed by atoms with van der Waals surface area (Å²) in [5, 5.41) is 6.17. The fraction of sp³-hybridized carbons (Fsp3) is 0.300. The van der Waals surface area contributed by atoms with Crippen LogP contribution in [0.1, 0.15) is 24.3 Å². The molecule has 0 unspecified atom stereocenters. The summed E-state index contributed by atoms with van der Waals surface area (Å²) in [6.07, 6.45) is -0.706. The number of ether oxygens (including phenoxy) is 4. The van der Waals surface area contributed by atoms with Gasteiger partial charge >= 0.3 is 0 Å². The normalized spacial score (nSPS) is 15.7. The van der Waals surface area contributed by atoms with Gasteiger partial charge in [0.05, 0.1) is 14.2 Å². The second kappa shape index (κ2) is 8.39. The molecule has 0 spiro atoms. The lowest BCUT2D eigenvalue weighted by Gasteiger charge is -2.20. The first-order valence-corrected chi connectivity index (χ1v) is 8.95. The van der Waals surface area contributed by atoms with Crippen molar-refractivity contribution in [3.63, 3.8) is 0 Å². The Balaban J connectivity index is 1.77. The number of rotatable bonds is 6. The minimum Gasteiger partial charge on any atom is -0.493 e. The lowest BCUT2D eigenvalue weighted by molar-refractivity contribution is -0.135. The molecule has 2 aromatic rings. The van der Waals surface area contributed by atoms with Gasteiger partial charge in [0.25, 0.3) is 0 Å². The van der Waals surface area contributed by atoms with E-state index in [0.29, 0.717) is 33.7 Å². The summed E-state index contributed by atoms with van der Waals surface area (Å²) in [5.74, 6) is 1.83. The van der Waals surface area contributed by atoms with Crippen LogP contribution in [0.3, 0.4) is 0 Å². The molecule has 1 aliphatic heterocycles. The van der Waals surface area contributed by atoms with Crippen molar-refractivity contribution in [3.8, 4) is 17.2 Å². The maximum absolute atomic E-state index is 12.0. The van der Waals surface area contributed by atoms with Crippen LogP contribution in [-0.4, -0.2) is 37.6 Å². The number of methoxy groups -OCH3 is 2. The molecule has 148 valence electrons. The minimum atomic E-state index is -0.706. The average molecular weight is 405 g/mol. The Bertz CT molecular complexity index is 915. The smallest absolute Gasteiger partial charge is 0.247 e. The van der Waals surface area contributed by atoms with Gasteiger partial charge in [-0.1, -0.05) is 11.6 Å². The maximum Gasteiger partial charge on any atom is 0.247 e. The van der Waals surface area contributed by atoms with Crippen LogP contribution in [0, 0.1) is 6.92 Å². The van der Waals surface area contributed by atoms with Crippen molar-refractivity contribution in [1.82, 2.24) is 5.01 Å². The third-order valence-electron chi connectivity index (χ3n) is 4.19. The van der Waals surface area contributed by atoms with E-state index < -0.39 is 6.23 Å². The number of hydrogen-bond donors (Lipinski definition) is 0. The first-order valence-electron chi connectivity index (χ1n) is 8.57. The zero-order chi connectivity index (χ0) is 20.3. The van der Waals surface area contributed by atoms with Crippen molar-refractivity contribution >= 4 is 23.4 Å². The predicted molar refractivity (Wildman–Crippen MR) is 105 cm³/mol. The van der Waals surface area contributed by atoms with E-state index in [-0.39, 0.29) is 12.5 Å². The van der Waals surface area contributed by atoms with Crippen molar-refractivity contribution in [1.29, 1.82) is 0 Å². The molecule has 7 nitrogen and oxygen atoms in total.